The zero-order valence-corrected chi connectivity index (χ0v) is 12.6. The lowest BCUT2D eigenvalue weighted by Crippen LogP contribution is -2.37. The first kappa shape index (κ1) is 14.5. The number of carbonyl (C=O) groups is 1. The van der Waals surface area contributed by atoms with E-state index in [1.165, 1.54) is 0 Å². The number of aryl methyl sites for hydroxylation is 1. The normalized spacial score (nSPS) is 32.6. The zero-order chi connectivity index (χ0) is 14.8. The fourth-order valence-electron chi connectivity index (χ4n) is 3.13. The minimum Gasteiger partial charge on any atom is -0.461 e. The lowest BCUT2D eigenvalue weighted by molar-refractivity contribution is -0.142. The van der Waals surface area contributed by atoms with Crippen LogP contribution in [0.1, 0.15) is 38.4 Å². The van der Waals surface area contributed by atoms with Gasteiger partial charge in [0, 0.05) is 43.8 Å². The Bertz CT molecular complexity index is 502. The van der Waals surface area contributed by atoms with E-state index in [4.69, 9.17) is 9.47 Å². The molecule has 2 saturated heterocycles. The number of nitrogens with one attached hydrogen (secondary N) is 1. The smallest absolute Gasteiger partial charge is 0.323 e. The minimum absolute atomic E-state index is 0.0217. The van der Waals surface area contributed by atoms with Gasteiger partial charge in [0.1, 0.15) is 12.1 Å². The quantitative estimate of drug-likeness (QED) is 0.828. The van der Waals surface area contributed by atoms with Crippen LogP contribution in [0.5, 0.6) is 0 Å². The summed E-state index contributed by atoms with van der Waals surface area (Å²) in [6.45, 7) is 6.40. The van der Waals surface area contributed by atoms with Crippen molar-refractivity contribution in [1.82, 2.24) is 15.1 Å². The predicted molar refractivity (Wildman–Crippen MR) is 76.7 cm³/mol. The lowest BCUT2D eigenvalue weighted by atomic mass is 9.97. The van der Waals surface area contributed by atoms with Gasteiger partial charge in [-0.05, 0) is 20.3 Å². The number of hydrogen-bond donors (Lipinski definition) is 1. The highest BCUT2D eigenvalue weighted by Crippen LogP contribution is 2.34. The Morgan fingerprint density at radius 2 is 2.38 bits per heavy atom. The first-order chi connectivity index (χ1) is 10.2. The number of hydrogen-bond acceptors (Lipinski definition) is 5. The van der Waals surface area contributed by atoms with Crippen LogP contribution in [-0.4, -0.2) is 41.0 Å². The van der Waals surface area contributed by atoms with Crippen molar-refractivity contribution in [2.24, 2.45) is 5.92 Å². The van der Waals surface area contributed by atoms with Crippen molar-refractivity contribution in [2.75, 3.05) is 13.2 Å². The van der Waals surface area contributed by atoms with Crippen LogP contribution in [0.25, 0.3) is 0 Å². The van der Waals surface area contributed by atoms with Crippen LogP contribution in [0.15, 0.2) is 12.4 Å². The molecule has 116 valence electrons. The first-order valence-electron chi connectivity index (χ1n) is 7.75. The van der Waals surface area contributed by atoms with E-state index in [1.807, 2.05) is 17.8 Å². The second-order valence-corrected chi connectivity index (χ2v) is 5.91. The van der Waals surface area contributed by atoms with Crippen LogP contribution in [0.3, 0.4) is 0 Å². The average molecular weight is 293 g/mol. The SMILES string of the molecule is CCn1cc([C@@H]2OCC[C@@H]2CN[C@@H]2C[C@@H](C)OC2=O)cn1. The molecular weight excluding hydrogens is 270 g/mol. The molecule has 6 nitrogen and oxygen atoms in total. The third kappa shape index (κ3) is 3.11. The van der Waals surface area contributed by atoms with Gasteiger partial charge in [-0.1, -0.05) is 0 Å². The van der Waals surface area contributed by atoms with E-state index in [9.17, 15) is 4.79 Å². The van der Waals surface area contributed by atoms with Crippen molar-refractivity contribution in [3.63, 3.8) is 0 Å². The molecule has 2 aliphatic rings. The van der Waals surface area contributed by atoms with Gasteiger partial charge in [0.25, 0.3) is 0 Å². The van der Waals surface area contributed by atoms with Crippen LogP contribution in [0.2, 0.25) is 0 Å². The summed E-state index contributed by atoms with van der Waals surface area (Å²) >= 11 is 0. The maximum atomic E-state index is 11.7. The maximum Gasteiger partial charge on any atom is 0.323 e. The van der Waals surface area contributed by atoms with E-state index in [1.54, 1.807) is 0 Å². The average Bonchev–Trinajstić information content (AvgIpc) is 3.15. The van der Waals surface area contributed by atoms with E-state index >= 15 is 0 Å². The Kier molecular flexibility index (Phi) is 4.26. The number of cyclic esters (lactones) is 1. The second-order valence-electron chi connectivity index (χ2n) is 5.91. The Morgan fingerprint density at radius 3 is 3.05 bits per heavy atom. The number of esters is 1. The van der Waals surface area contributed by atoms with Crippen molar-refractivity contribution in [3.05, 3.63) is 18.0 Å². The standard InChI is InChI=1S/C15H23N3O3/c1-3-18-9-12(8-17-18)14-11(4-5-20-14)7-16-13-6-10(2)21-15(13)19/h8-11,13-14,16H,3-7H2,1-2H3/t10-,11-,13-,14-/m1/s1. The molecular formula is C15H23N3O3. The van der Waals surface area contributed by atoms with Crippen LogP contribution in [0.4, 0.5) is 0 Å². The van der Waals surface area contributed by atoms with Crippen molar-refractivity contribution < 1.29 is 14.3 Å². The molecule has 1 aromatic heterocycles. The Morgan fingerprint density at radius 1 is 1.52 bits per heavy atom. The van der Waals surface area contributed by atoms with Gasteiger partial charge in [-0.2, -0.15) is 5.10 Å². The van der Waals surface area contributed by atoms with Gasteiger partial charge in [-0.3, -0.25) is 9.48 Å². The molecule has 0 spiro atoms. The monoisotopic (exact) mass is 293 g/mol. The Balaban J connectivity index is 1.58. The molecule has 21 heavy (non-hydrogen) atoms. The van der Waals surface area contributed by atoms with E-state index in [0.717, 1.165) is 38.1 Å². The van der Waals surface area contributed by atoms with Crippen molar-refractivity contribution in [3.8, 4) is 0 Å². The van der Waals surface area contributed by atoms with Crippen LogP contribution >= 0.6 is 0 Å². The second kappa shape index (κ2) is 6.15. The largest absolute Gasteiger partial charge is 0.461 e. The fourth-order valence-corrected chi connectivity index (χ4v) is 3.13. The van der Waals surface area contributed by atoms with Gasteiger partial charge in [0.2, 0.25) is 0 Å². The third-order valence-corrected chi connectivity index (χ3v) is 4.32. The summed E-state index contributed by atoms with van der Waals surface area (Å²) in [5.74, 6) is 0.250. The van der Waals surface area contributed by atoms with E-state index < -0.39 is 0 Å². The van der Waals surface area contributed by atoms with E-state index in [2.05, 4.69) is 23.5 Å². The summed E-state index contributed by atoms with van der Waals surface area (Å²) in [7, 11) is 0. The fraction of sp³-hybridized carbons (Fsp3) is 0.733. The zero-order valence-electron chi connectivity index (χ0n) is 12.6. The summed E-state index contributed by atoms with van der Waals surface area (Å²) in [6.07, 6.45) is 5.80. The van der Waals surface area contributed by atoms with Gasteiger partial charge >= 0.3 is 5.97 Å². The van der Waals surface area contributed by atoms with Crippen molar-refractivity contribution >= 4 is 5.97 Å². The molecule has 0 radical (unpaired) electrons. The Labute approximate surface area is 124 Å². The Hall–Kier alpha value is -1.40. The molecule has 2 fully saturated rings. The van der Waals surface area contributed by atoms with Gasteiger partial charge in [-0.15, -0.1) is 0 Å². The molecule has 1 N–H and O–H groups in total. The number of nitrogens with zero attached hydrogens (tertiary/aromatic N) is 2. The summed E-state index contributed by atoms with van der Waals surface area (Å²) in [5.41, 5.74) is 1.13. The molecule has 0 bridgehead atoms. The molecule has 0 aromatic carbocycles. The highest BCUT2D eigenvalue weighted by atomic mass is 16.6. The van der Waals surface area contributed by atoms with Gasteiger partial charge in [0.05, 0.1) is 12.3 Å². The van der Waals surface area contributed by atoms with Crippen molar-refractivity contribution in [1.29, 1.82) is 0 Å². The van der Waals surface area contributed by atoms with E-state index in [0.29, 0.717) is 5.92 Å². The van der Waals surface area contributed by atoms with Gasteiger partial charge in [-0.25, -0.2) is 0 Å². The highest BCUT2D eigenvalue weighted by Gasteiger charge is 2.35. The van der Waals surface area contributed by atoms with Crippen LogP contribution < -0.4 is 5.32 Å². The van der Waals surface area contributed by atoms with E-state index in [-0.39, 0.29) is 24.2 Å². The molecule has 6 heteroatoms. The maximum absolute atomic E-state index is 11.7. The first-order valence-corrected chi connectivity index (χ1v) is 7.75. The topological polar surface area (TPSA) is 65.4 Å². The van der Waals surface area contributed by atoms with Crippen LogP contribution in [0, 0.1) is 5.92 Å². The molecule has 2 aliphatic heterocycles. The number of rotatable bonds is 5. The van der Waals surface area contributed by atoms with Gasteiger partial charge < -0.3 is 14.8 Å². The molecule has 0 amide bonds. The molecule has 3 heterocycles. The highest BCUT2D eigenvalue weighted by molar-refractivity contribution is 5.77. The summed E-state index contributed by atoms with van der Waals surface area (Å²) in [6, 6.07) is -0.167. The molecule has 0 aliphatic carbocycles. The summed E-state index contributed by atoms with van der Waals surface area (Å²) in [5, 5.41) is 7.66. The predicted octanol–water partition coefficient (Wildman–Crippen LogP) is 1.27. The number of aromatic nitrogens is 2. The molecule has 0 unspecified atom stereocenters. The molecule has 3 rings (SSSR count). The minimum atomic E-state index is -0.167. The molecule has 1 aromatic rings. The number of ether oxygens (including phenoxy) is 2. The molecule has 4 atom stereocenters. The van der Waals surface area contributed by atoms with Crippen molar-refractivity contribution in [2.45, 2.75) is 51.5 Å². The van der Waals surface area contributed by atoms with Crippen LogP contribution in [-0.2, 0) is 20.8 Å². The van der Waals surface area contributed by atoms with Gasteiger partial charge in [0.15, 0.2) is 0 Å². The summed E-state index contributed by atoms with van der Waals surface area (Å²) < 4.78 is 12.9. The lowest BCUT2D eigenvalue weighted by Gasteiger charge is -2.19. The number of carbonyl (C=O) groups excluding carboxylic acids is 1. The third-order valence-electron chi connectivity index (χ3n) is 4.32. The molecule has 0 saturated carbocycles. The summed E-state index contributed by atoms with van der Waals surface area (Å²) in [4.78, 5) is 11.7.